The minimum atomic E-state index is -0.637. The lowest BCUT2D eigenvalue weighted by Crippen LogP contribution is -2.32. The fraction of sp³-hybridized carbons (Fsp3) is 0.688. The summed E-state index contributed by atoms with van der Waals surface area (Å²) in [5.74, 6) is 0.889. The molecule has 1 heterocycles. The molecule has 0 unspecified atom stereocenters. The zero-order valence-corrected chi connectivity index (χ0v) is 12.9. The maximum absolute atomic E-state index is 10.7. The Balaban J connectivity index is 3.03. The number of rotatable bonds is 7. The largest absolute Gasteiger partial charge is 0.496 e. The molecule has 108 valence electrons. The van der Waals surface area contributed by atoms with Crippen LogP contribution in [0.15, 0.2) is 6.20 Å². The monoisotopic (exact) mass is 265 g/mol. The van der Waals surface area contributed by atoms with Gasteiger partial charge in [0.2, 0.25) is 0 Å². The maximum atomic E-state index is 10.7. The van der Waals surface area contributed by atoms with E-state index in [2.05, 4.69) is 18.8 Å². The Labute approximate surface area is 117 Å². The summed E-state index contributed by atoms with van der Waals surface area (Å²) in [5, 5.41) is 10.7. The number of aliphatic hydroxyl groups is 1. The van der Waals surface area contributed by atoms with Crippen LogP contribution in [0.5, 0.6) is 5.75 Å². The zero-order valence-electron chi connectivity index (χ0n) is 12.9. The topological polar surface area (TPSA) is 42.4 Å². The van der Waals surface area contributed by atoms with Crippen molar-refractivity contribution in [1.29, 1.82) is 0 Å². The van der Waals surface area contributed by atoms with E-state index < -0.39 is 5.60 Å². The van der Waals surface area contributed by atoms with Crippen LogP contribution in [0.1, 0.15) is 56.4 Å². The summed E-state index contributed by atoms with van der Waals surface area (Å²) in [4.78, 5) is 4.50. The van der Waals surface area contributed by atoms with Crippen molar-refractivity contribution in [3.8, 4) is 5.75 Å². The highest BCUT2D eigenvalue weighted by Crippen LogP contribution is 2.29. The van der Waals surface area contributed by atoms with Crippen molar-refractivity contribution in [2.75, 3.05) is 7.11 Å². The summed E-state index contributed by atoms with van der Waals surface area (Å²) in [6, 6.07) is 0. The molecular weight excluding hydrogens is 238 g/mol. The Bertz CT molecular complexity index is 409. The summed E-state index contributed by atoms with van der Waals surface area (Å²) in [7, 11) is 1.68. The van der Waals surface area contributed by atoms with Crippen LogP contribution in [0.3, 0.4) is 0 Å². The molecule has 0 fully saturated rings. The van der Waals surface area contributed by atoms with Crippen LogP contribution < -0.4 is 4.74 Å². The Morgan fingerprint density at radius 3 is 2.26 bits per heavy atom. The lowest BCUT2D eigenvalue weighted by atomic mass is 9.86. The van der Waals surface area contributed by atoms with Gasteiger partial charge < -0.3 is 9.84 Å². The zero-order chi connectivity index (χ0) is 14.5. The Kier molecular flexibility index (Phi) is 5.80. The van der Waals surface area contributed by atoms with Crippen LogP contribution >= 0.6 is 0 Å². The van der Waals surface area contributed by atoms with Gasteiger partial charge in [0.05, 0.1) is 12.7 Å². The van der Waals surface area contributed by atoms with Gasteiger partial charge >= 0.3 is 0 Å². The fourth-order valence-corrected chi connectivity index (χ4v) is 2.79. The normalized spacial score (nSPS) is 11.7. The van der Waals surface area contributed by atoms with E-state index >= 15 is 0 Å². The standard InChI is InChI=1S/C16H27NO2/c1-6-8-16(18,9-7-2)10-14-13(4)15(19-5)12(3)11-17-14/h11,18H,6-10H2,1-5H3. The number of hydrogen-bond acceptors (Lipinski definition) is 3. The van der Waals surface area contributed by atoms with E-state index in [-0.39, 0.29) is 0 Å². The molecule has 19 heavy (non-hydrogen) atoms. The molecule has 0 bridgehead atoms. The Morgan fingerprint density at radius 2 is 1.79 bits per heavy atom. The molecule has 0 aliphatic carbocycles. The van der Waals surface area contributed by atoms with Crippen molar-refractivity contribution in [1.82, 2.24) is 4.98 Å². The molecule has 3 nitrogen and oxygen atoms in total. The van der Waals surface area contributed by atoms with Gasteiger partial charge in [0.15, 0.2) is 0 Å². The maximum Gasteiger partial charge on any atom is 0.128 e. The molecule has 0 amide bonds. The second-order valence-electron chi connectivity index (χ2n) is 5.45. The highest BCUT2D eigenvalue weighted by molar-refractivity contribution is 5.41. The smallest absolute Gasteiger partial charge is 0.128 e. The van der Waals surface area contributed by atoms with Crippen molar-refractivity contribution < 1.29 is 9.84 Å². The van der Waals surface area contributed by atoms with E-state index in [1.165, 1.54) is 0 Å². The molecule has 1 aromatic rings. The van der Waals surface area contributed by atoms with E-state index in [1.807, 2.05) is 20.0 Å². The molecule has 0 atom stereocenters. The second-order valence-corrected chi connectivity index (χ2v) is 5.45. The first kappa shape index (κ1) is 16.0. The van der Waals surface area contributed by atoms with Gasteiger partial charge in [0.25, 0.3) is 0 Å². The van der Waals surface area contributed by atoms with Gasteiger partial charge in [-0.15, -0.1) is 0 Å². The van der Waals surface area contributed by atoms with E-state index in [1.54, 1.807) is 7.11 Å². The first-order valence-electron chi connectivity index (χ1n) is 7.18. The summed E-state index contributed by atoms with van der Waals surface area (Å²) < 4.78 is 5.43. The number of hydrogen-bond donors (Lipinski definition) is 1. The molecule has 3 heteroatoms. The van der Waals surface area contributed by atoms with Crippen molar-refractivity contribution >= 4 is 0 Å². The van der Waals surface area contributed by atoms with Crippen molar-refractivity contribution in [3.05, 3.63) is 23.0 Å². The quantitative estimate of drug-likeness (QED) is 0.819. The number of aromatic nitrogens is 1. The van der Waals surface area contributed by atoms with Crippen LogP contribution in [0.25, 0.3) is 0 Å². The van der Waals surface area contributed by atoms with Gasteiger partial charge in [-0.1, -0.05) is 26.7 Å². The van der Waals surface area contributed by atoms with Crippen LogP contribution in [-0.2, 0) is 6.42 Å². The number of pyridine rings is 1. The van der Waals surface area contributed by atoms with Crippen LogP contribution in [-0.4, -0.2) is 22.8 Å². The van der Waals surface area contributed by atoms with Crippen LogP contribution in [0.4, 0.5) is 0 Å². The van der Waals surface area contributed by atoms with E-state index in [9.17, 15) is 5.11 Å². The molecule has 0 radical (unpaired) electrons. The molecule has 0 spiro atoms. The lowest BCUT2D eigenvalue weighted by Gasteiger charge is -2.28. The molecular formula is C16H27NO2. The number of aryl methyl sites for hydroxylation is 1. The highest BCUT2D eigenvalue weighted by atomic mass is 16.5. The van der Waals surface area contributed by atoms with Crippen molar-refractivity contribution in [2.45, 2.75) is 65.4 Å². The van der Waals surface area contributed by atoms with E-state index in [0.29, 0.717) is 6.42 Å². The molecule has 0 saturated carbocycles. The Hall–Kier alpha value is -1.09. The Morgan fingerprint density at radius 1 is 1.21 bits per heavy atom. The molecule has 1 N–H and O–H groups in total. The molecule has 0 aliphatic heterocycles. The lowest BCUT2D eigenvalue weighted by molar-refractivity contribution is 0.0205. The minimum Gasteiger partial charge on any atom is -0.496 e. The fourth-order valence-electron chi connectivity index (χ4n) is 2.79. The van der Waals surface area contributed by atoms with Gasteiger partial charge in [0.1, 0.15) is 5.75 Å². The van der Waals surface area contributed by atoms with E-state index in [4.69, 9.17) is 4.74 Å². The third kappa shape index (κ3) is 3.93. The second kappa shape index (κ2) is 6.90. The van der Waals surface area contributed by atoms with Gasteiger partial charge in [-0.05, 0) is 26.7 Å². The highest BCUT2D eigenvalue weighted by Gasteiger charge is 2.27. The molecule has 1 aromatic heterocycles. The first-order chi connectivity index (χ1) is 8.97. The summed E-state index contributed by atoms with van der Waals surface area (Å²) in [6.07, 6.45) is 6.05. The molecule has 1 rings (SSSR count). The predicted molar refractivity (Wildman–Crippen MR) is 78.7 cm³/mol. The molecule has 0 aliphatic rings. The summed E-state index contributed by atoms with van der Waals surface area (Å²) in [5.41, 5.74) is 2.40. The average Bonchev–Trinajstić information content (AvgIpc) is 2.34. The third-order valence-electron chi connectivity index (χ3n) is 3.68. The van der Waals surface area contributed by atoms with Gasteiger partial charge in [0, 0.05) is 29.4 Å². The minimum absolute atomic E-state index is 0.608. The van der Waals surface area contributed by atoms with Crippen molar-refractivity contribution in [3.63, 3.8) is 0 Å². The van der Waals surface area contributed by atoms with Gasteiger partial charge in [-0.25, -0.2) is 0 Å². The number of nitrogens with zero attached hydrogens (tertiary/aromatic N) is 1. The SMILES string of the molecule is CCCC(O)(CCC)Cc1ncc(C)c(OC)c1C. The van der Waals surface area contributed by atoms with Gasteiger partial charge in [-0.3, -0.25) is 4.98 Å². The summed E-state index contributed by atoms with van der Waals surface area (Å²) >= 11 is 0. The molecule has 0 saturated heterocycles. The summed E-state index contributed by atoms with van der Waals surface area (Å²) in [6.45, 7) is 8.23. The number of methoxy groups -OCH3 is 1. The average molecular weight is 265 g/mol. The van der Waals surface area contributed by atoms with E-state index in [0.717, 1.165) is 48.3 Å². The van der Waals surface area contributed by atoms with Crippen LogP contribution in [0.2, 0.25) is 0 Å². The third-order valence-corrected chi connectivity index (χ3v) is 3.68. The van der Waals surface area contributed by atoms with Gasteiger partial charge in [-0.2, -0.15) is 0 Å². The van der Waals surface area contributed by atoms with Crippen LogP contribution in [0, 0.1) is 13.8 Å². The number of ether oxygens (including phenoxy) is 1. The molecule has 0 aromatic carbocycles. The predicted octanol–water partition coefficient (Wildman–Crippen LogP) is 3.58. The first-order valence-corrected chi connectivity index (χ1v) is 7.18. The van der Waals surface area contributed by atoms with Crippen molar-refractivity contribution in [2.24, 2.45) is 0 Å².